The first-order valence-corrected chi connectivity index (χ1v) is 6.92. The van der Waals surface area contributed by atoms with Crippen LogP contribution in [0.15, 0.2) is 43.0 Å². The van der Waals surface area contributed by atoms with Crippen LogP contribution < -0.4 is 5.32 Å². The molecule has 3 rings (SSSR count). The number of benzene rings is 1. The van der Waals surface area contributed by atoms with Gasteiger partial charge >= 0.3 is 0 Å². The molecule has 2 aromatic rings. The van der Waals surface area contributed by atoms with Gasteiger partial charge in [-0.25, -0.2) is 4.98 Å². The molecule has 0 aliphatic carbocycles. The Balaban J connectivity index is 0.00000147. The van der Waals surface area contributed by atoms with E-state index in [2.05, 4.69) is 39.5 Å². The van der Waals surface area contributed by atoms with Crippen molar-refractivity contribution in [2.75, 3.05) is 26.2 Å². The Hall–Kier alpha value is -1.36. The van der Waals surface area contributed by atoms with Gasteiger partial charge in [0.05, 0.1) is 6.33 Å². The van der Waals surface area contributed by atoms with Crippen LogP contribution in [0.5, 0.6) is 0 Å². The van der Waals surface area contributed by atoms with Crippen LogP contribution in [0.2, 0.25) is 0 Å². The maximum atomic E-state index is 4.07. The lowest BCUT2D eigenvalue weighted by molar-refractivity contribution is 0.284. The predicted octanol–water partition coefficient (Wildman–Crippen LogP) is 2.09. The number of halogens is 1. The van der Waals surface area contributed by atoms with Crippen molar-refractivity contribution in [3.63, 3.8) is 0 Å². The quantitative estimate of drug-likeness (QED) is 0.940. The lowest BCUT2D eigenvalue weighted by atomic mass is 10.2. The minimum Gasteiger partial charge on any atom is -0.315 e. The van der Waals surface area contributed by atoms with E-state index >= 15 is 0 Å². The van der Waals surface area contributed by atoms with Crippen molar-refractivity contribution in [2.45, 2.75) is 13.0 Å². The van der Waals surface area contributed by atoms with E-state index in [0.717, 1.165) is 26.2 Å². The number of hydrogen-bond donors (Lipinski definition) is 1. The van der Waals surface area contributed by atoms with Gasteiger partial charge in [-0.15, -0.1) is 12.4 Å². The summed E-state index contributed by atoms with van der Waals surface area (Å²) in [5.41, 5.74) is 2.55. The van der Waals surface area contributed by atoms with E-state index in [9.17, 15) is 0 Å². The summed E-state index contributed by atoms with van der Waals surface area (Å²) in [5, 5.41) is 3.44. The maximum Gasteiger partial charge on any atom is 0.0991 e. The normalized spacial score (nSPS) is 16.4. The van der Waals surface area contributed by atoms with Crippen LogP contribution in [0.4, 0.5) is 0 Å². The predicted molar refractivity (Wildman–Crippen MR) is 83.6 cm³/mol. The first-order valence-electron chi connectivity index (χ1n) is 6.92. The molecule has 0 amide bonds. The Bertz CT molecular complexity index is 487. The monoisotopic (exact) mass is 292 g/mol. The molecule has 1 aliphatic rings. The third-order valence-corrected chi connectivity index (χ3v) is 3.58. The van der Waals surface area contributed by atoms with Crippen molar-refractivity contribution in [1.82, 2.24) is 19.8 Å². The molecule has 0 bridgehead atoms. The van der Waals surface area contributed by atoms with Gasteiger partial charge in [-0.05, 0) is 37.2 Å². The highest BCUT2D eigenvalue weighted by Crippen LogP contribution is 2.11. The summed E-state index contributed by atoms with van der Waals surface area (Å²) in [6.45, 7) is 5.63. The molecule has 5 heteroatoms. The minimum absolute atomic E-state index is 0. The third kappa shape index (κ3) is 3.82. The van der Waals surface area contributed by atoms with Crippen LogP contribution in [0, 0.1) is 0 Å². The molecular formula is C15H21ClN4. The van der Waals surface area contributed by atoms with E-state index in [1.807, 2.05) is 17.1 Å². The highest BCUT2D eigenvalue weighted by Gasteiger charge is 2.08. The van der Waals surface area contributed by atoms with Crippen molar-refractivity contribution < 1.29 is 0 Å². The summed E-state index contributed by atoms with van der Waals surface area (Å²) in [6, 6.07) is 8.75. The molecule has 1 aromatic carbocycles. The van der Waals surface area contributed by atoms with Gasteiger partial charge < -0.3 is 9.88 Å². The standard InChI is InChI=1S/C15H20N4.ClH/c1-6-16-7-10-18(9-1)12-14-2-4-15(5-3-14)19-11-8-17-13-19;/h2-5,8,11,13,16H,1,6-7,9-10,12H2;1H. The van der Waals surface area contributed by atoms with Crippen LogP contribution in [-0.4, -0.2) is 40.6 Å². The number of nitrogens with zero attached hydrogens (tertiary/aromatic N) is 3. The van der Waals surface area contributed by atoms with Crippen molar-refractivity contribution in [3.05, 3.63) is 48.5 Å². The SMILES string of the molecule is Cl.c1cn(-c2ccc(CN3CCCNCC3)cc2)cn1. The largest absolute Gasteiger partial charge is 0.315 e. The molecule has 0 saturated carbocycles. The van der Waals surface area contributed by atoms with E-state index in [1.165, 1.54) is 24.2 Å². The summed E-state index contributed by atoms with van der Waals surface area (Å²) < 4.78 is 2.03. The zero-order valence-corrected chi connectivity index (χ0v) is 12.4. The van der Waals surface area contributed by atoms with Crippen molar-refractivity contribution >= 4 is 12.4 Å². The van der Waals surface area contributed by atoms with E-state index in [4.69, 9.17) is 0 Å². The average Bonchev–Trinajstić information content (AvgIpc) is 2.86. The molecule has 0 radical (unpaired) electrons. The third-order valence-electron chi connectivity index (χ3n) is 3.58. The smallest absolute Gasteiger partial charge is 0.0991 e. The number of nitrogens with one attached hydrogen (secondary N) is 1. The van der Waals surface area contributed by atoms with Gasteiger partial charge in [0.1, 0.15) is 0 Å². The molecule has 4 nitrogen and oxygen atoms in total. The maximum absolute atomic E-state index is 4.07. The lowest BCUT2D eigenvalue weighted by Crippen LogP contribution is -2.27. The molecule has 0 atom stereocenters. The minimum atomic E-state index is 0. The molecule has 1 N–H and O–H groups in total. The summed E-state index contributed by atoms with van der Waals surface area (Å²) in [5.74, 6) is 0. The average molecular weight is 293 g/mol. The fourth-order valence-electron chi connectivity index (χ4n) is 2.50. The lowest BCUT2D eigenvalue weighted by Gasteiger charge is -2.19. The van der Waals surface area contributed by atoms with Crippen LogP contribution in [0.1, 0.15) is 12.0 Å². The zero-order valence-electron chi connectivity index (χ0n) is 11.5. The fraction of sp³-hybridized carbons (Fsp3) is 0.400. The molecule has 1 fully saturated rings. The Morgan fingerprint density at radius 2 is 1.95 bits per heavy atom. The first kappa shape index (κ1) is 15.0. The van der Waals surface area contributed by atoms with Crippen molar-refractivity contribution in [2.24, 2.45) is 0 Å². The molecular weight excluding hydrogens is 272 g/mol. The Morgan fingerprint density at radius 3 is 2.70 bits per heavy atom. The van der Waals surface area contributed by atoms with Gasteiger partial charge in [0.25, 0.3) is 0 Å². The molecule has 108 valence electrons. The number of rotatable bonds is 3. The van der Waals surface area contributed by atoms with Crippen LogP contribution in [0.3, 0.4) is 0 Å². The summed E-state index contributed by atoms with van der Waals surface area (Å²) >= 11 is 0. The van der Waals surface area contributed by atoms with Crippen LogP contribution >= 0.6 is 12.4 Å². The zero-order chi connectivity index (χ0) is 12.9. The van der Waals surface area contributed by atoms with E-state index in [0.29, 0.717) is 0 Å². The van der Waals surface area contributed by atoms with E-state index in [1.54, 1.807) is 6.20 Å². The van der Waals surface area contributed by atoms with Gasteiger partial charge in [-0.2, -0.15) is 0 Å². The highest BCUT2D eigenvalue weighted by atomic mass is 35.5. The molecule has 1 aliphatic heterocycles. The van der Waals surface area contributed by atoms with E-state index < -0.39 is 0 Å². The Kier molecular flexibility index (Phi) is 5.59. The fourth-order valence-corrected chi connectivity index (χ4v) is 2.50. The van der Waals surface area contributed by atoms with Gasteiger partial charge in [-0.3, -0.25) is 4.90 Å². The van der Waals surface area contributed by atoms with Gasteiger partial charge in [0.2, 0.25) is 0 Å². The molecule has 2 heterocycles. The summed E-state index contributed by atoms with van der Waals surface area (Å²) in [4.78, 5) is 6.59. The van der Waals surface area contributed by atoms with Crippen LogP contribution in [0.25, 0.3) is 5.69 Å². The van der Waals surface area contributed by atoms with Crippen molar-refractivity contribution in [1.29, 1.82) is 0 Å². The molecule has 20 heavy (non-hydrogen) atoms. The Labute approximate surface area is 126 Å². The molecule has 0 unspecified atom stereocenters. The van der Waals surface area contributed by atoms with Gasteiger partial charge in [0, 0.05) is 37.7 Å². The van der Waals surface area contributed by atoms with E-state index in [-0.39, 0.29) is 12.4 Å². The molecule has 0 spiro atoms. The van der Waals surface area contributed by atoms with Crippen LogP contribution in [-0.2, 0) is 6.54 Å². The number of aromatic nitrogens is 2. The van der Waals surface area contributed by atoms with Gasteiger partial charge in [-0.1, -0.05) is 12.1 Å². The van der Waals surface area contributed by atoms with Crippen molar-refractivity contribution in [3.8, 4) is 5.69 Å². The second-order valence-electron chi connectivity index (χ2n) is 5.02. The molecule has 1 saturated heterocycles. The number of hydrogen-bond acceptors (Lipinski definition) is 3. The summed E-state index contributed by atoms with van der Waals surface area (Å²) in [6.07, 6.45) is 6.84. The molecule has 1 aromatic heterocycles. The first-order chi connectivity index (χ1) is 9.42. The highest BCUT2D eigenvalue weighted by molar-refractivity contribution is 5.85. The summed E-state index contributed by atoms with van der Waals surface area (Å²) in [7, 11) is 0. The second-order valence-corrected chi connectivity index (χ2v) is 5.02. The van der Waals surface area contributed by atoms with Gasteiger partial charge in [0.15, 0.2) is 0 Å². The Morgan fingerprint density at radius 1 is 1.10 bits per heavy atom. The second kappa shape index (κ2) is 7.43. The topological polar surface area (TPSA) is 33.1 Å². The number of imidazole rings is 1.